The highest BCUT2D eigenvalue weighted by Gasteiger charge is 2.29. The SMILES string of the molecule is CC(C)(Oc1ccc(Br)cc1Br)C(=O)NN. The van der Waals surface area contributed by atoms with Crippen LogP contribution >= 0.6 is 31.9 Å². The fourth-order valence-electron chi connectivity index (χ4n) is 1.05. The first-order valence-electron chi connectivity index (χ1n) is 4.52. The molecule has 4 nitrogen and oxygen atoms in total. The number of ether oxygens (including phenoxy) is 1. The standard InChI is InChI=1S/C10H12Br2N2O2/c1-10(2,9(15)14-13)16-8-4-3-6(11)5-7(8)12/h3-5H,13H2,1-2H3,(H,14,15). The predicted molar refractivity (Wildman–Crippen MR) is 68.9 cm³/mol. The Balaban J connectivity index is 2.92. The van der Waals surface area contributed by atoms with Crippen LogP contribution in [0.5, 0.6) is 5.75 Å². The number of hydrazine groups is 1. The number of carbonyl (C=O) groups is 1. The third kappa shape index (κ3) is 3.20. The second kappa shape index (κ2) is 5.16. The summed E-state index contributed by atoms with van der Waals surface area (Å²) in [5.74, 6) is 5.27. The molecule has 1 amide bonds. The predicted octanol–water partition coefficient (Wildman–Crippen LogP) is 2.36. The lowest BCUT2D eigenvalue weighted by Crippen LogP contribution is -2.49. The van der Waals surface area contributed by atoms with Crippen LogP contribution in [-0.4, -0.2) is 11.5 Å². The molecule has 0 unspecified atom stereocenters. The van der Waals surface area contributed by atoms with Crippen LogP contribution < -0.4 is 16.0 Å². The lowest BCUT2D eigenvalue weighted by atomic mass is 10.1. The molecule has 0 radical (unpaired) electrons. The molecule has 88 valence electrons. The van der Waals surface area contributed by atoms with Gasteiger partial charge in [0.2, 0.25) is 0 Å². The fraction of sp³-hybridized carbons (Fsp3) is 0.300. The lowest BCUT2D eigenvalue weighted by Gasteiger charge is -2.24. The number of benzene rings is 1. The van der Waals surface area contributed by atoms with Crippen molar-refractivity contribution in [1.82, 2.24) is 5.43 Å². The minimum absolute atomic E-state index is 0.387. The maximum absolute atomic E-state index is 11.4. The lowest BCUT2D eigenvalue weighted by molar-refractivity contribution is -0.134. The maximum Gasteiger partial charge on any atom is 0.277 e. The quantitative estimate of drug-likeness (QED) is 0.499. The molecule has 0 heterocycles. The van der Waals surface area contributed by atoms with Crippen molar-refractivity contribution < 1.29 is 9.53 Å². The van der Waals surface area contributed by atoms with E-state index in [0.717, 1.165) is 8.95 Å². The van der Waals surface area contributed by atoms with Crippen molar-refractivity contribution in [2.45, 2.75) is 19.4 Å². The van der Waals surface area contributed by atoms with E-state index in [0.29, 0.717) is 5.75 Å². The number of carbonyl (C=O) groups excluding carboxylic acids is 1. The van der Waals surface area contributed by atoms with Gasteiger partial charge in [-0.1, -0.05) is 15.9 Å². The molecule has 1 rings (SSSR count). The summed E-state index contributed by atoms with van der Waals surface area (Å²) in [6.07, 6.45) is 0. The van der Waals surface area contributed by atoms with Crippen molar-refractivity contribution in [2.75, 3.05) is 0 Å². The van der Waals surface area contributed by atoms with E-state index >= 15 is 0 Å². The Bertz CT molecular complexity index is 408. The highest BCUT2D eigenvalue weighted by atomic mass is 79.9. The Morgan fingerprint density at radius 3 is 2.56 bits per heavy atom. The maximum atomic E-state index is 11.4. The third-order valence-electron chi connectivity index (χ3n) is 1.94. The van der Waals surface area contributed by atoms with Gasteiger partial charge in [0, 0.05) is 4.47 Å². The number of hydrogen-bond acceptors (Lipinski definition) is 3. The highest BCUT2D eigenvalue weighted by molar-refractivity contribution is 9.11. The number of nitrogens with one attached hydrogen (secondary N) is 1. The molecular formula is C10H12Br2N2O2. The molecule has 0 bridgehead atoms. The minimum atomic E-state index is -1.02. The Hall–Kier alpha value is -0.590. The first-order valence-corrected chi connectivity index (χ1v) is 6.10. The summed E-state index contributed by atoms with van der Waals surface area (Å²) >= 11 is 6.69. The topological polar surface area (TPSA) is 64.3 Å². The first kappa shape index (κ1) is 13.5. The molecule has 1 aromatic carbocycles. The average molecular weight is 352 g/mol. The highest BCUT2D eigenvalue weighted by Crippen LogP contribution is 2.30. The molecule has 0 atom stereocenters. The van der Waals surface area contributed by atoms with Crippen LogP contribution in [0, 0.1) is 0 Å². The summed E-state index contributed by atoms with van der Waals surface area (Å²) in [6.45, 7) is 3.29. The molecule has 0 aliphatic rings. The van der Waals surface area contributed by atoms with Gasteiger partial charge in [-0.3, -0.25) is 10.2 Å². The Morgan fingerprint density at radius 1 is 1.44 bits per heavy atom. The van der Waals surface area contributed by atoms with Gasteiger partial charge in [-0.25, -0.2) is 5.84 Å². The second-order valence-electron chi connectivity index (χ2n) is 3.66. The number of nitrogens with two attached hydrogens (primary N) is 1. The summed E-state index contributed by atoms with van der Waals surface area (Å²) in [5.41, 5.74) is 1.05. The molecule has 0 aliphatic carbocycles. The van der Waals surface area contributed by atoms with E-state index in [9.17, 15) is 4.79 Å². The molecule has 0 saturated carbocycles. The smallest absolute Gasteiger partial charge is 0.277 e. The van der Waals surface area contributed by atoms with Gasteiger partial charge >= 0.3 is 0 Å². The molecule has 0 saturated heterocycles. The van der Waals surface area contributed by atoms with Crippen molar-refractivity contribution in [1.29, 1.82) is 0 Å². The van der Waals surface area contributed by atoms with Crippen LogP contribution in [0.15, 0.2) is 27.1 Å². The molecule has 0 spiro atoms. The number of amides is 1. The van der Waals surface area contributed by atoms with Gasteiger partial charge in [-0.05, 0) is 48.0 Å². The third-order valence-corrected chi connectivity index (χ3v) is 3.05. The molecule has 16 heavy (non-hydrogen) atoms. The molecule has 6 heteroatoms. The summed E-state index contributed by atoms with van der Waals surface area (Å²) in [5, 5.41) is 0. The molecule has 3 N–H and O–H groups in total. The zero-order valence-electron chi connectivity index (χ0n) is 8.88. The average Bonchev–Trinajstić information content (AvgIpc) is 2.21. The largest absolute Gasteiger partial charge is 0.477 e. The van der Waals surface area contributed by atoms with E-state index in [1.807, 2.05) is 12.1 Å². The van der Waals surface area contributed by atoms with E-state index < -0.39 is 5.60 Å². The van der Waals surface area contributed by atoms with Crippen molar-refractivity contribution in [3.8, 4) is 5.75 Å². The van der Waals surface area contributed by atoms with Gasteiger partial charge < -0.3 is 4.74 Å². The van der Waals surface area contributed by atoms with Crippen LogP contribution in [0.4, 0.5) is 0 Å². The van der Waals surface area contributed by atoms with E-state index in [2.05, 4.69) is 37.3 Å². The van der Waals surface area contributed by atoms with Crippen molar-refractivity contribution >= 4 is 37.8 Å². The fourth-order valence-corrected chi connectivity index (χ4v) is 2.18. The van der Waals surface area contributed by atoms with E-state index in [4.69, 9.17) is 10.6 Å². The van der Waals surface area contributed by atoms with Crippen molar-refractivity contribution in [3.05, 3.63) is 27.1 Å². The Morgan fingerprint density at radius 2 is 2.06 bits per heavy atom. The molecule has 0 aromatic heterocycles. The van der Waals surface area contributed by atoms with E-state index in [1.165, 1.54) is 0 Å². The van der Waals surface area contributed by atoms with Crippen molar-refractivity contribution in [3.63, 3.8) is 0 Å². The summed E-state index contributed by atoms with van der Waals surface area (Å²) in [4.78, 5) is 11.4. The van der Waals surface area contributed by atoms with Crippen molar-refractivity contribution in [2.24, 2.45) is 5.84 Å². The van der Waals surface area contributed by atoms with Gasteiger partial charge in [-0.15, -0.1) is 0 Å². The molecule has 1 aromatic rings. The Labute approximate surface area is 111 Å². The first-order chi connectivity index (χ1) is 7.36. The zero-order chi connectivity index (χ0) is 12.3. The van der Waals surface area contributed by atoms with Crippen LogP contribution in [-0.2, 0) is 4.79 Å². The van der Waals surface area contributed by atoms with E-state index in [1.54, 1.807) is 19.9 Å². The van der Waals surface area contributed by atoms with Gasteiger partial charge in [0.05, 0.1) is 4.47 Å². The molecular weight excluding hydrogens is 340 g/mol. The van der Waals surface area contributed by atoms with Crippen LogP contribution in [0.25, 0.3) is 0 Å². The number of rotatable bonds is 3. The summed E-state index contributed by atoms with van der Waals surface area (Å²) in [6, 6.07) is 5.43. The number of halogens is 2. The van der Waals surface area contributed by atoms with Crippen LogP contribution in [0.3, 0.4) is 0 Å². The van der Waals surface area contributed by atoms with Gasteiger partial charge in [0.15, 0.2) is 5.60 Å². The minimum Gasteiger partial charge on any atom is -0.477 e. The normalized spacial score (nSPS) is 11.1. The van der Waals surface area contributed by atoms with Gasteiger partial charge in [0.1, 0.15) is 5.75 Å². The Kier molecular flexibility index (Phi) is 4.35. The van der Waals surface area contributed by atoms with E-state index in [-0.39, 0.29) is 5.91 Å². The number of hydrogen-bond donors (Lipinski definition) is 2. The second-order valence-corrected chi connectivity index (χ2v) is 5.43. The summed E-state index contributed by atoms with van der Waals surface area (Å²) < 4.78 is 7.27. The zero-order valence-corrected chi connectivity index (χ0v) is 12.1. The monoisotopic (exact) mass is 350 g/mol. The van der Waals surface area contributed by atoms with Crippen LogP contribution in [0.2, 0.25) is 0 Å². The summed E-state index contributed by atoms with van der Waals surface area (Å²) in [7, 11) is 0. The molecule has 0 aliphatic heterocycles. The van der Waals surface area contributed by atoms with Crippen LogP contribution in [0.1, 0.15) is 13.8 Å². The van der Waals surface area contributed by atoms with Gasteiger partial charge in [0.25, 0.3) is 5.91 Å². The molecule has 0 fully saturated rings. The van der Waals surface area contributed by atoms with Gasteiger partial charge in [-0.2, -0.15) is 0 Å².